The molecule has 2 aromatic rings. The summed E-state index contributed by atoms with van der Waals surface area (Å²) in [4.78, 5) is 50.6. The van der Waals surface area contributed by atoms with E-state index in [0.29, 0.717) is 11.3 Å². The van der Waals surface area contributed by atoms with Gasteiger partial charge < -0.3 is 4.74 Å². The minimum absolute atomic E-state index is 0.217. The number of esters is 1. The van der Waals surface area contributed by atoms with Gasteiger partial charge in [0.2, 0.25) is 0 Å². The standard InChI is InChI=1S/C20H17NO5/c1-12-7-9-13(10-8-12)17(22)11-16(20(25)26-2)21-15-6-4-3-5-14(15)18(23)19(21)24/h3-10,16H,11H2,1-2H3/t16-/m0/s1. The molecule has 0 unspecified atom stereocenters. The Morgan fingerprint density at radius 1 is 1.04 bits per heavy atom. The first-order valence-corrected chi connectivity index (χ1v) is 8.08. The van der Waals surface area contributed by atoms with Crippen LogP contribution in [0.15, 0.2) is 48.5 Å². The predicted molar refractivity (Wildman–Crippen MR) is 94.2 cm³/mol. The fourth-order valence-electron chi connectivity index (χ4n) is 2.97. The molecule has 0 saturated heterocycles. The van der Waals surface area contributed by atoms with E-state index >= 15 is 0 Å². The largest absolute Gasteiger partial charge is 0.467 e. The van der Waals surface area contributed by atoms with Gasteiger partial charge in [-0.05, 0) is 19.1 Å². The zero-order chi connectivity index (χ0) is 18.8. The summed E-state index contributed by atoms with van der Waals surface area (Å²) in [7, 11) is 1.18. The predicted octanol–water partition coefficient (Wildman–Crippen LogP) is 2.34. The second-order valence-electron chi connectivity index (χ2n) is 6.05. The summed E-state index contributed by atoms with van der Waals surface area (Å²) < 4.78 is 4.78. The number of ether oxygens (including phenoxy) is 1. The van der Waals surface area contributed by atoms with Gasteiger partial charge in [0.05, 0.1) is 18.4 Å². The van der Waals surface area contributed by atoms with Crippen LogP contribution in [0.5, 0.6) is 0 Å². The highest BCUT2D eigenvalue weighted by Crippen LogP contribution is 2.32. The van der Waals surface area contributed by atoms with Crippen molar-refractivity contribution in [1.29, 1.82) is 0 Å². The Morgan fingerprint density at radius 2 is 1.69 bits per heavy atom. The molecule has 0 aliphatic carbocycles. The molecule has 1 aliphatic rings. The van der Waals surface area contributed by atoms with Gasteiger partial charge >= 0.3 is 5.97 Å². The van der Waals surface area contributed by atoms with Gasteiger partial charge in [0.25, 0.3) is 11.7 Å². The lowest BCUT2D eigenvalue weighted by atomic mass is 10.0. The molecule has 132 valence electrons. The summed E-state index contributed by atoms with van der Waals surface area (Å²) in [5.41, 5.74) is 1.96. The summed E-state index contributed by atoms with van der Waals surface area (Å²) in [6, 6.07) is 12.1. The minimum atomic E-state index is -1.20. The third-order valence-electron chi connectivity index (χ3n) is 4.36. The number of benzene rings is 2. The van der Waals surface area contributed by atoms with Crippen molar-refractivity contribution in [3.8, 4) is 0 Å². The monoisotopic (exact) mass is 351 g/mol. The third-order valence-corrected chi connectivity index (χ3v) is 4.36. The van der Waals surface area contributed by atoms with Crippen LogP contribution in [-0.4, -0.2) is 36.6 Å². The van der Waals surface area contributed by atoms with E-state index < -0.39 is 23.7 Å². The van der Waals surface area contributed by atoms with Crippen LogP contribution in [0.4, 0.5) is 5.69 Å². The highest BCUT2D eigenvalue weighted by atomic mass is 16.5. The summed E-state index contributed by atoms with van der Waals surface area (Å²) in [5, 5.41) is 0. The zero-order valence-electron chi connectivity index (χ0n) is 14.4. The Hall–Kier alpha value is -3.28. The lowest BCUT2D eigenvalue weighted by Crippen LogP contribution is -2.46. The number of aryl methyl sites for hydroxylation is 1. The lowest BCUT2D eigenvalue weighted by molar-refractivity contribution is -0.143. The average molecular weight is 351 g/mol. The van der Waals surface area contributed by atoms with Crippen LogP contribution in [-0.2, 0) is 14.3 Å². The number of fused-ring (bicyclic) bond motifs is 1. The summed E-state index contributed by atoms with van der Waals surface area (Å²) in [5.74, 6) is -2.59. The number of rotatable bonds is 5. The topological polar surface area (TPSA) is 80.8 Å². The van der Waals surface area contributed by atoms with Crippen molar-refractivity contribution in [2.75, 3.05) is 12.0 Å². The van der Waals surface area contributed by atoms with Gasteiger partial charge in [-0.3, -0.25) is 19.3 Å². The molecule has 2 aromatic carbocycles. The van der Waals surface area contributed by atoms with Crippen LogP contribution in [0.25, 0.3) is 0 Å². The Balaban J connectivity index is 1.95. The van der Waals surface area contributed by atoms with Gasteiger partial charge in [-0.15, -0.1) is 0 Å². The molecular weight excluding hydrogens is 334 g/mol. The molecule has 1 atom stereocenters. The van der Waals surface area contributed by atoms with Gasteiger partial charge in [0.15, 0.2) is 5.78 Å². The number of ketones is 2. The second kappa shape index (κ2) is 6.92. The van der Waals surface area contributed by atoms with E-state index in [1.807, 2.05) is 6.92 Å². The van der Waals surface area contributed by atoms with E-state index in [1.165, 1.54) is 13.2 Å². The molecule has 0 aromatic heterocycles. The van der Waals surface area contributed by atoms with Gasteiger partial charge in [0.1, 0.15) is 6.04 Å². The van der Waals surface area contributed by atoms with Crippen molar-refractivity contribution in [3.05, 3.63) is 65.2 Å². The SMILES string of the molecule is COC(=O)[C@H](CC(=O)c1ccc(C)cc1)N1C(=O)C(=O)c2ccccc21. The van der Waals surface area contributed by atoms with Crippen molar-refractivity contribution in [3.63, 3.8) is 0 Å². The number of methoxy groups -OCH3 is 1. The molecule has 0 fully saturated rings. The van der Waals surface area contributed by atoms with Crippen molar-refractivity contribution < 1.29 is 23.9 Å². The molecule has 1 amide bonds. The Kier molecular flexibility index (Phi) is 4.67. The highest BCUT2D eigenvalue weighted by molar-refractivity contribution is 6.52. The molecule has 0 spiro atoms. The number of carbonyl (C=O) groups is 4. The second-order valence-corrected chi connectivity index (χ2v) is 6.05. The molecule has 3 rings (SSSR count). The van der Waals surface area contributed by atoms with Crippen molar-refractivity contribution >= 4 is 29.1 Å². The molecule has 6 heteroatoms. The summed E-state index contributed by atoms with van der Waals surface area (Å²) in [6.07, 6.45) is -0.275. The Morgan fingerprint density at radius 3 is 2.35 bits per heavy atom. The van der Waals surface area contributed by atoms with Gasteiger partial charge in [-0.1, -0.05) is 42.0 Å². The van der Waals surface area contributed by atoms with Crippen LogP contribution < -0.4 is 4.90 Å². The number of amides is 1. The Bertz CT molecular complexity index is 901. The fourth-order valence-corrected chi connectivity index (χ4v) is 2.97. The number of hydrogen-bond acceptors (Lipinski definition) is 5. The molecule has 1 aliphatic heterocycles. The number of carbonyl (C=O) groups excluding carboxylic acids is 4. The average Bonchev–Trinajstić information content (AvgIpc) is 2.91. The highest BCUT2D eigenvalue weighted by Gasteiger charge is 2.43. The first kappa shape index (κ1) is 17.5. The maximum Gasteiger partial charge on any atom is 0.329 e. The number of hydrogen-bond donors (Lipinski definition) is 0. The maximum absolute atomic E-state index is 12.6. The van der Waals surface area contributed by atoms with Crippen LogP contribution in [0, 0.1) is 6.92 Å². The fraction of sp³-hybridized carbons (Fsp3) is 0.200. The van der Waals surface area contributed by atoms with Crippen molar-refractivity contribution in [2.24, 2.45) is 0 Å². The first-order valence-electron chi connectivity index (χ1n) is 8.08. The molecule has 0 bridgehead atoms. The normalized spacial score (nSPS) is 14.2. The quantitative estimate of drug-likeness (QED) is 0.469. The number of anilines is 1. The molecule has 0 N–H and O–H groups in total. The first-order chi connectivity index (χ1) is 12.4. The molecule has 26 heavy (non-hydrogen) atoms. The summed E-state index contributed by atoms with van der Waals surface area (Å²) in [6.45, 7) is 1.90. The zero-order valence-corrected chi connectivity index (χ0v) is 14.4. The molecular formula is C20H17NO5. The molecule has 1 heterocycles. The van der Waals surface area contributed by atoms with Crippen molar-refractivity contribution in [1.82, 2.24) is 0 Å². The van der Waals surface area contributed by atoms with Gasteiger partial charge in [-0.25, -0.2) is 4.79 Å². The molecule has 6 nitrogen and oxygen atoms in total. The van der Waals surface area contributed by atoms with E-state index in [9.17, 15) is 19.2 Å². The van der Waals surface area contributed by atoms with Crippen LogP contribution in [0.3, 0.4) is 0 Å². The molecule has 0 radical (unpaired) electrons. The molecule has 0 saturated carbocycles. The number of Topliss-reactive ketones (excluding diaryl/α,β-unsaturated/α-hetero) is 2. The van der Waals surface area contributed by atoms with Crippen LogP contribution in [0.2, 0.25) is 0 Å². The third kappa shape index (κ3) is 3.01. The number of nitrogens with zero attached hydrogens (tertiary/aromatic N) is 1. The van der Waals surface area contributed by atoms with Crippen molar-refractivity contribution in [2.45, 2.75) is 19.4 Å². The van der Waals surface area contributed by atoms with Gasteiger partial charge in [0, 0.05) is 12.0 Å². The van der Waals surface area contributed by atoms with Crippen LogP contribution in [0.1, 0.15) is 32.7 Å². The minimum Gasteiger partial charge on any atom is -0.467 e. The Labute approximate surface area is 150 Å². The van der Waals surface area contributed by atoms with E-state index in [0.717, 1.165) is 10.5 Å². The van der Waals surface area contributed by atoms with Gasteiger partial charge in [-0.2, -0.15) is 0 Å². The number of para-hydroxylation sites is 1. The van der Waals surface area contributed by atoms with E-state index in [4.69, 9.17) is 4.74 Å². The van der Waals surface area contributed by atoms with E-state index in [-0.39, 0.29) is 17.8 Å². The van der Waals surface area contributed by atoms with Crippen LogP contribution >= 0.6 is 0 Å². The van der Waals surface area contributed by atoms with E-state index in [1.54, 1.807) is 42.5 Å². The van der Waals surface area contributed by atoms with E-state index in [2.05, 4.69) is 0 Å². The smallest absolute Gasteiger partial charge is 0.329 e. The summed E-state index contributed by atoms with van der Waals surface area (Å²) >= 11 is 0. The lowest BCUT2D eigenvalue weighted by Gasteiger charge is -2.25. The maximum atomic E-state index is 12.6.